The number of nitrogens with zero attached hydrogens (tertiary/aromatic N) is 1. The molecule has 0 saturated carbocycles. The largest absolute Gasteiger partial charge is 0.398 e. The molecule has 2 N–H and O–H groups in total. The SMILES string of the molecule is Nc1cc(Br)ccc1Cn1ccsc1=O. The number of halogens is 1. The Labute approximate surface area is 99.3 Å². The van der Waals surface area contributed by atoms with Gasteiger partial charge in [0.05, 0.1) is 6.54 Å². The molecule has 0 aliphatic carbocycles. The van der Waals surface area contributed by atoms with Crippen molar-refractivity contribution in [2.24, 2.45) is 0 Å². The number of thiazole rings is 1. The summed E-state index contributed by atoms with van der Waals surface area (Å²) < 4.78 is 2.59. The molecule has 0 radical (unpaired) electrons. The lowest BCUT2D eigenvalue weighted by Gasteiger charge is -2.06. The van der Waals surface area contributed by atoms with Crippen molar-refractivity contribution in [3.05, 3.63) is 49.5 Å². The van der Waals surface area contributed by atoms with Crippen LogP contribution in [0.5, 0.6) is 0 Å². The average Bonchev–Trinajstić information content (AvgIpc) is 2.57. The minimum atomic E-state index is 0.0392. The third-order valence-corrected chi connectivity index (χ3v) is 3.28. The molecule has 0 atom stereocenters. The van der Waals surface area contributed by atoms with Gasteiger partial charge in [0.2, 0.25) is 0 Å². The third-order valence-electron chi connectivity index (χ3n) is 2.09. The fourth-order valence-electron chi connectivity index (χ4n) is 1.30. The minimum Gasteiger partial charge on any atom is -0.398 e. The van der Waals surface area contributed by atoms with Crippen LogP contribution in [0.4, 0.5) is 5.69 Å². The van der Waals surface area contributed by atoms with Gasteiger partial charge in [-0.15, -0.1) is 0 Å². The number of anilines is 1. The first-order chi connectivity index (χ1) is 7.16. The molecular weight excluding hydrogens is 276 g/mol. The first-order valence-corrected chi connectivity index (χ1v) is 6.02. The molecule has 0 unspecified atom stereocenters. The van der Waals surface area contributed by atoms with Crippen LogP contribution in [0.15, 0.2) is 39.0 Å². The zero-order chi connectivity index (χ0) is 10.8. The Morgan fingerprint density at radius 2 is 2.27 bits per heavy atom. The van der Waals surface area contributed by atoms with Gasteiger partial charge in [-0.05, 0) is 17.7 Å². The number of benzene rings is 1. The molecule has 0 saturated heterocycles. The Bertz CT molecular complexity index is 532. The molecule has 0 aliphatic heterocycles. The van der Waals surface area contributed by atoms with Crippen LogP contribution in [-0.2, 0) is 6.54 Å². The van der Waals surface area contributed by atoms with Gasteiger partial charge in [-0.25, -0.2) is 0 Å². The fourth-order valence-corrected chi connectivity index (χ4v) is 2.26. The molecule has 0 bridgehead atoms. The van der Waals surface area contributed by atoms with Crippen molar-refractivity contribution in [1.29, 1.82) is 0 Å². The van der Waals surface area contributed by atoms with E-state index in [9.17, 15) is 4.79 Å². The van der Waals surface area contributed by atoms with E-state index < -0.39 is 0 Å². The number of nitrogens with two attached hydrogens (primary N) is 1. The Kier molecular flexibility index (Phi) is 2.93. The van der Waals surface area contributed by atoms with Gasteiger partial charge >= 0.3 is 4.87 Å². The molecule has 5 heteroatoms. The molecule has 0 aliphatic rings. The lowest BCUT2D eigenvalue weighted by Crippen LogP contribution is -2.13. The highest BCUT2D eigenvalue weighted by atomic mass is 79.9. The van der Waals surface area contributed by atoms with Crippen LogP contribution in [0.25, 0.3) is 0 Å². The van der Waals surface area contributed by atoms with E-state index in [2.05, 4.69) is 15.9 Å². The molecule has 1 aromatic heterocycles. The lowest BCUT2D eigenvalue weighted by atomic mass is 10.2. The Hall–Kier alpha value is -1.07. The summed E-state index contributed by atoms with van der Waals surface area (Å²) in [5, 5.41) is 1.78. The second kappa shape index (κ2) is 4.20. The molecular formula is C10H9BrN2OS. The predicted molar refractivity (Wildman–Crippen MR) is 66.2 cm³/mol. The fraction of sp³-hybridized carbons (Fsp3) is 0.100. The van der Waals surface area contributed by atoms with Gasteiger partial charge in [-0.2, -0.15) is 0 Å². The zero-order valence-corrected chi connectivity index (χ0v) is 10.2. The van der Waals surface area contributed by atoms with Crippen LogP contribution in [0, 0.1) is 0 Å². The Morgan fingerprint density at radius 1 is 1.47 bits per heavy atom. The summed E-state index contributed by atoms with van der Waals surface area (Å²) >= 11 is 4.53. The van der Waals surface area contributed by atoms with E-state index in [4.69, 9.17) is 5.73 Å². The summed E-state index contributed by atoms with van der Waals surface area (Å²) in [5.74, 6) is 0. The molecule has 2 aromatic rings. The van der Waals surface area contributed by atoms with Gasteiger partial charge in [-0.1, -0.05) is 33.3 Å². The Balaban J connectivity index is 2.33. The standard InChI is InChI=1S/C10H9BrN2OS/c11-8-2-1-7(9(12)5-8)6-13-3-4-15-10(13)14/h1-5H,6,12H2. The van der Waals surface area contributed by atoms with Crippen LogP contribution in [-0.4, -0.2) is 4.57 Å². The number of hydrogen-bond acceptors (Lipinski definition) is 3. The first-order valence-electron chi connectivity index (χ1n) is 4.34. The normalized spacial score (nSPS) is 10.5. The lowest BCUT2D eigenvalue weighted by molar-refractivity contribution is 0.786. The maximum Gasteiger partial charge on any atom is 0.307 e. The summed E-state index contributed by atoms with van der Waals surface area (Å²) in [6, 6.07) is 5.68. The molecule has 1 aromatic carbocycles. The van der Waals surface area contributed by atoms with Gasteiger partial charge in [0.25, 0.3) is 0 Å². The molecule has 3 nitrogen and oxygen atoms in total. The summed E-state index contributed by atoms with van der Waals surface area (Å²) in [5.41, 5.74) is 7.50. The third kappa shape index (κ3) is 2.30. The average molecular weight is 285 g/mol. The van der Waals surface area contributed by atoms with E-state index in [0.29, 0.717) is 12.2 Å². The van der Waals surface area contributed by atoms with E-state index >= 15 is 0 Å². The smallest absolute Gasteiger partial charge is 0.307 e. The molecule has 15 heavy (non-hydrogen) atoms. The second-order valence-corrected chi connectivity index (χ2v) is 4.91. The highest BCUT2D eigenvalue weighted by molar-refractivity contribution is 9.10. The van der Waals surface area contributed by atoms with Gasteiger partial charge in [0.1, 0.15) is 0 Å². The van der Waals surface area contributed by atoms with Crippen molar-refractivity contribution in [2.45, 2.75) is 6.54 Å². The second-order valence-electron chi connectivity index (χ2n) is 3.14. The molecule has 0 spiro atoms. The molecule has 0 fully saturated rings. The number of nitrogen functional groups attached to an aromatic ring is 1. The van der Waals surface area contributed by atoms with E-state index in [0.717, 1.165) is 10.0 Å². The highest BCUT2D eigenvalue weighted by Gasteiger charge is 2.02. The van der Waals surface area contributed by atoms with Gasteiger partial charge in [0.15, 0.2) is 0 Å². The van der Waals surface area contributed by atoms with Crippen LogP contribution in [0.3, 0.4) is 0 Å². The van der Waals surface area contributed by atoms with Gasteiger partial charge in [-0.3, -0.25) is 4.79 Å². The summed E-state index contributed by atoms with van der Waals surface area (Å²) in [7, 11) is 0. The highest BCUT2D eigenvalue weighted by Crippen LogP contribution is 2.19. The van der Waals surface area contributed by atoms with E-state index in [-0.39, 0.29) is 4.87 Å². The summed E-state index contributed by atoms with van der Waals surface area (Å²) in [4.78, 5) is 11.4. The Morgan fingerprint density at radius 3 is 2.87 bits per heavy atom. The van der Waals surface area contributed by atoms with Crippen LogP contribution in [0.1, 0.15) is 5.56 Å². The number of aromatic nitrogens is 1. The van der Waals surface area contributed by atoms with Crippen LogP contribution < -0.4 is 10.6 Å². The monoisotopic (exact) mass is 284 g/mol. The van der Waals surface area contributed by atoms with E-state index in [1.807, 2.05) is 18.2 Å². The van der Waals surface area contributed by atoms with E-state index in [1.165, 1.54) is 11.3 Å². The van der Waals surface area contributed by atoms with Crippen molar-refractivity contribution >= 4 is 33.0 Å². The summed E-state index contributed by atoms with van der Waals surface area (Å²) in [6.45, 7) is 0.529. The quantitative estimate of drug-likeness (QED) is 0.861. The molecule has 1 heterocycles. The first kappa shape index (κ1) is 10.4. The molecule has 0 amide bonds. The van der Waals surface area contributed by atoms with Crippen molar-refractivity contribution in [1.82, 2.24) is 4.57 Å². The zero-order valence-electron chi connectivity index (χ0n) is 7.81. The predicted octanol–water partition coefficient (Wildman–Crippen LogP) is 2.30. The van der Waals surface area contributed by atoms with Crippen molar-refractivity contribution in [3.8, 4) is 0 Å². The maximum atomic E-state index is 11.3. The van der Waals surface area contributed by atoms with Crippen LogP contribution in [0.2, 0.25) is 0 Å². The van der Waals surface area contributed by atoms with Gasteiger partial charge in [0, 0.05) is 21.7 Å². The van der Waals surface area contributed by atoms with Gasteiger partial charge < -0.3 is 10.3 Å². The summed E-state index contributed by atoms with van der Waals surface area (Å²) in [6.07, 6.45) is 1.77. The molecule has 2 rings (SSSR count). The van der Waals surface area contributed by atoms with Crippen molar-refractivity contribution in [3.63, 3.8) is 0 Å². The number of rotatable bonds is 2. The molecule has 78 valence electrons. The van der Waals surface area contributed by atoms with Crippen LogP contribution >= 0.6 is 27.3 Å². The van der Waals surface area contributed by atoms with Crippen molar-refractivity contribution < 1.29 is 0 Å². The maximum absolute atomic E-state index is 11.3. The van der Waals surface area contributed by atoms with E-state index in [1.54, 1.807) is 16.1 Å². The number of hydrogen-bond donors (Lipinski definition) is 1. The minimum absolute atomic E-state index is 0.0392. The van der Waals surface area contributed by atoms with Crippen molar-refractivity contribution in [2.75, 3.05) is 5.73 Å². The topological polar surface area (TPSA) is 48.0 Å².